The third kappa shape index (κ3) is 3.27. The number of hydrogen-bond donors (Lipinski definition) is 1. The summed E-state index contributed by atoms with van der Waals surface area (Å²) in [5.74, 6) is -3.45. The molecule has 1 heterocycles. The smallest absolute Gasteiger partial charge is 0.264 e. The van der Waals surface area contributed by atoms with Gasteiger partial charge in [0.05, 0.1) is 6.04 Å². The van der Waals surface area contributed by atoms with E-state index in [0.29, 0.717) is 5.56 Å². The number of carbonyl (C=O) groups excluding carboxylic acids is 1. The van der Waals surface area contributed by atoms with Gasteiger partial charge in [-0.05, 0) is 19.1 Å². The van der Waals surface area contributed by atoms with Gasteiger partial charge in [-0.25, -0.2) is 8.78 Å². The van der Waals surface area contributed by atoms with Crippen LogP contribution in [0.15, 0.2) is 24.5 Å². The second kappa shape index (κ2) is 4.33. The molecular formula is C10H12F2N2O. The number of pyridine rings is 1. The number of rotatable bonds is 3. The number of halogens is 2. The number of aromatic nitrogens is 1. The van der Waals surface area contributed by atoms with Crippen molar-refractivity contribution in [3.63, 3.8) is 0 Å². The largest absolute Gasteiger partial charge is 0.344 e. The first-order chi connectivity index (χ1) is 6.91. The fourth-order valence-electron chi connectivity index (χ4n) is 0.910. The van der Waals surface area contributed by atoms with Crippen molar-refractivity contribution in [2.45, 2.75) is 25.8 Å². The van der Waals surface area contributed by atoms with Crippen LogP contribution in [-0.2, 0) is 0 Å². The van der Waals surface area contributed by atoms with Gasteiger partial charge in [0.2, 0.25) is 0 Å². The Morgan fingerprint density at radius 1 is 1.47 bits per heavy atom. The molecule has 82 valence electrons. The lowest BCUT2D eigenvalue weighted by atomic mass is 10.2. The van der Waals surface area contributed by atoms with Gasteiger partial charge < -0.3 is 5.32 Å². The molecule has 0 radical (unpaired) electrons. The molecule has 0 saturated heterocycles. The highest BCUT2D eigenvalue weighted by Gasteiger charge is 2.31. The summed E-state index contributed by atoms with van der Waals surface area (Å²) in [5.41, 5.74) is 0.320. The Kier molecular flexibility index (Phi) is 3.34. The Labute approximate surface area is 86.5 Å². The molecule has 0 fully saturated rings. The van der Waals surface area contributed by atoms with Gasteiger partial charge in [-0.2, -0.15) is 0 Å². The van der Waals surface area contributed by atoms with Gasteiger partial charge in [0.25, 0.3) is 11.8 Å². The zero-order valence-corrected chi connectivity index (χ0v) is 8.50. The molecule has 0 aliphatic carbocycles. The molecule has 0 bridgehead atoms. The molecule has 1 aromatic rings. The van der Waals surface area contributed by atoms with Gasteiger partial charge in [0.15, 0.2) is 0 Å². The SMILES string of the molecule is C[C@@H](NC(=O)c1ccncc1)C(C)(F)F. The lowest BCUT2D eigenvalue weighted by molar-refractivity contribution is -0.0108. The standard InChI is InChI=1S/C10H12F2N2O/c1-7(10(2,11)12)14-9(15)8-3-5-13-6-4-8/h3-7H,1-2H3,(H,14,15)/t7-/m1/s1. The van der Waals surface area contributed by atoms with Crippen LogP contribution in [0.4, 0.5) is 8.78 Å². The van der Waals surface area contributed by atoms with Gasteiger partial charge in [0.1, 0.15) is 0 Å². The topological polar surface area (TPSA) is 42.0 Å². The maximum absolute atomic E-state index is 12.8. The normalized spacial score (nSPS) is 13.3. The van der Waals surface area contributed by atoms with Crippen LogP contribution >= 0.6 is 0 Å². The first-order valence-corrected chi connectivity index (χ1v) is 4.50. The van der Waals surface area contributed by atoms with E-state index in [1.165, 1.54) is 31.5 Å². The minimum absolute atomic E-state index is 0.320. The van der Waals surface area contributed by atoms with Gasteiger partial charge in [-0.1, -0.05) is 0 Å². The molecule has 1 rings (SSSR count). The summed E-state index contributed by atoms with van der Waals surface area (Å²) >= 11 is 0. The highest BCUT2D eigenvalue weighted by Crippen LogP contribution is 2.16. The monoisotopic (exact) mass is 214 g/mol. The van der Waals surface area contributed by atoms with Crippen molar-refractivity contribution in [1.29, 1.82) is 0 Å². The minimum Gasteiger partial charge on any atom is -0.344 e. The molecule has 1 amide bonds. The highest BCUT2D eigenvalue weighted by atomic mass is 19.3. The molecular weight excluding hydrogens is 202 g/mol. The molecule has 0 aromatic carbocycles. The predicted molar refractivity (Wildman–Crippen MR) is 51.8 cm³/mol. The second-order valence-electron chi connectivity index (χ2n) is 3.39. The van der Waals surface area contributed by atoms with E-state index < -0.39 is 17.9 Å². The molecule has 0 aliphatic rings. The van der Waals surface area contributed by atoms with E-state index in [2.05, 4.69) is 10.3 Å². The molecule has 0 spiro atoms. The summed E-state index contributed by atoms with van der Waals surface area (Å²) < 4.78 is 25.5. The van der Waals surface area contributed by atoms with Crippen molar-refractivity contribution in [2.24, 2.45) is 0 Å². The van der Waals surface area contributed by atoms with E-state index in [-0.39, 0.29) is 0 Å². The van der Waals surface area contributed by atoms with Crippen molar-refractivity contribution >= 4 is 5.91 Å². The molecule has 1 aromatic heterocycles. The Hall–Kier alpha value is -1.52. The third-order valence-electron chi connectivity index (χ3n) is 2.05. The van der Waals surface area contributed by atoms with E-state index in [1.54, 1.807) is 0 Å². The Morgan fingerprint density at radius 3 is 2.47 bits per heavy atom. The zero-order chi connectivity index (χ0) is 11.5. The number of nitrogens with one attached hydrogen (secondary N) is 1. The van der Waals surface area contributed by atoms with E-state index in [0.717, 1.165) is 6.92 Å². The summed E-state index contributed by atoms with van der Waals surface area (Å²) in [6, 6.07) is 1.74. The number of carbonyl (C=O) groups is 1. The Morgan fingerprint density at radius 2 is 2.00 bits per heavy atom. The van der Waals surface area contributed by atoms with Crippen LogP contribution in [0.5, 0.6) is 0 Å². The van der Waals surface area contributed by atoms with Crippen LogP contribution in [0.25, 0.3) is 0 Å². The van der Waals surface area contributed by atoms with E-state index in [1.807, 2.05) is 0 Å². The first-order valence-electron chi connectivity index (χ1n) is 4.50. The second-order valence-corrected chi connectivity index (χ2v) is 3.39. The van der Waals surface area contributed by atoms with Crippen LogP contribution in [0.1, 0.15) is 24.2 Å². The quantitative estimate of drug-likeness (QED) is 0.834. The fraction of sp³-hybridized carbons (Fsp3) is 0.400. The van der Waals surface area contributed by atoms with Crippen molar-refractivity contribution in [1.82, 2.24) is 10.3 Å². The minimum atomic E-state index is -2.93. The fourth-order valence-corrected chi connectivity index (χ4v) is 0.910. The zero-order valence-electron chi connectivity index (χ0n) is 8.50. The summed E-state index contributed by atoms with van der Waals surface area (Å²) in [6.45, 7) is 2.03. The summed E-state index contributed by atoms with van der Waals surface area (Å²) in [6.07, 6.45) is 2.87. The molecule has 5 heteroatoms. The van der Waals surface area contributed by atoms with Gasteiger partial charge in [-0.15, -0.1) is 0 Å². The van der Waals surface area contributed by atoms with Crippen molar-refractivity contribution in [3.8, 4) is 0 Å². The van der Waals surface area contributed by atoms with Gasteiger partial charge in [0, 0.05) is 24.9 Å². The predicted octanol–water partition coefficient (Wildman–Crippen LogP) is 1.86. The number of hydrogen-bond acceptors (Lipinski definition) is 2. The first kappa shape index (κ1) is 11.6. The van der Waals surface area contributed by atoms with Crippen molar-refractivity contribution in [3.05, 3.63) is 30.1 Å². The maximum Gasteiger partial charge on any atom is 0.264 e. The van der Waals surface area contributed by atoms with Crippen LogP contribution in [-0.4, -0.2) is 22.9 Å². The molecule has 0 unspecified atom stereocenters. The van der Waals surface area contributed by atoms with Crippen LogP contribution < -0.4 is 5.32 Å². The number of alkyl halides is 2. The lowest BCUT2D eigenvalue weighted by Gasteiger charge is -2.20. The van der Waals surface area contributed by atoms with Crippen molar-refractivity contribution in [2.75, 3.05) is 0 Å². The van der Waals surface area contributed by atoms with E-state index >= 15 is 0 Å². The number of amides is 1. The number of nitrogens with zero attached hydrogens (tertiary/aromatic N) is 1. The van der Waals surface area contributed by atoms with Gasteiger partial charge in [-0.3, -0.25) is 9.78 Å². The van der Waals surface area contributed by atoms with Crippen LogP contribution in [0, 0.1) is 0 Å². The van der Waals surface area contributed by atoms with Crippen molar-refractivity contribution < 1.29 is 13.6 Å². The average molecular weight is 214 g/mol. The van der Waals surface area contributed by atoms with Crippen LogP contribution in [0.3, 0.4) is 0 Å². The maximum atomic E-state index is 12.8. The van der Waals surface area contributed by atoms with E-state index in [9.17, 15) is 13.6 Å². The van der Waals surface area contributed by atoms with E-state index in [4.69, 9.17) is 0 Å². The molecule has 1 N–H and O–H groups in total. The Bertz CT molecular complexity index is 335. The molecule has 0 saturated carbocycles. The lowest BCUT2D eigenvalue weighted by Crippen LogP contribution is -2.43. The highest BCUT2D eigenvalue weighted by molar-refractivity contribution is 5.94. The molecule has 15 heavy (non-hydrogen) atoms. The molecule has 0 aliphatic heterocycles. The molecule has 3 nitrogen and oxygen atoms in total. The molecule has 1 atom stereocenters. The van der Waals surface area contributed by atoms with Gasteiger partial charge >= 0.3 is 0 Å². The average Bonchev–Trinajstić information content (AvgIpc) is 2.17. The summed E-state index contributed by atoms with van der Waals surface area (Å²) in [4.78, 5) is 15.2. The third-order valence-corrected chi connectivity index (χ3v) is 2.05. The summed E-state index contributed by atoms with van der Waals surface area (Å²) in [7, 11) is 0. The summed E-state index contributed by atoms with van der Waals surface area (Å²) in [5, 5.41) is 2.22. The van der Waals surface area contributed by atoms with Crippen LogP contribution in [0.2, 0.25) is 0 Å². The Balaban J connectivity index is 2.65.